The van der Waals surface area contributed by atoms with E-state index in [9.17, 15) is 0 Å². The van der Waals surface area contributed by atoms with Crippen LogP contribution in [0, 0.1) is 0 Å². The largest absolute Gasteiger partial charge is 0.310 e. The molecule has 406 valence electrons. The standard InChI is InChI=1S/C82H68N2/c1-5-22-69(23-6-1)79(70-24-7-2-8-25-70)59-65-46-54-75(55-47-65)83(81-36-18-32-67-30-13-15-34-77(67)81)73-50-42-61(43-51-73)38-40-63-20-17-21-64(58-63)41-39-62-44-52-74(53-45-62)84(82-37-19-33-68-31-14-16-35-78(68)82)76-56-48-66(49-57-76)60-80(71-26-9-3-10-27-71)72-28-11-4-12-29-72/h1-12,17-29,32-33,36-60H,13-16,30-31,34-35H2/b40-38+,41-39+. The smallest absolute Gasteiger partial charge is 0.0496 e. The molecule has 11 aromatic carbocycles. The summed E-state index contributed by atoms with van der Waals surface area (Å²) in [7, 11) is 0. The van der Waals surface area contributed by atoms with Gasteiger partial charge in [-0.05, 0) is 219 Å². The molecule has 0 fully saturated rings. The fourth-order valence-corrected chi connectivity index (χ4v) is 12.3. The zero-order valence-electron chi connectivity index (χ0n) is 47.6. The van der Waals surface area contributed by atoms with Crippen molar-refractivity contribution in [2.75, 3.05) is 9.80 Å². The Morgan fingerprint density at radius 2 is 0.548 bits per heavy atom. The van der Waals surface area contributed by atoms with Crippen LogP contribution < -0.4 is 9.80 Å². The Labute approximate surface area is 497 Å². The summed E-state index contributed by atoms with van der Waals surface area (Å²) in [6.07, 6.45) is 22.9. The second-order valence-electron chi connectivity index (χ2n) is 22.2. The fourth-order valence-electron chi connectivity index (χ4n) is 12.3. The summed E-state index contributed by atoms with van der Waals surface area (Å²) in [4.78, 5) is 4.92. The summed E-state index contributed by atoms with van der Waals surface area (Å²) in [6.45, 7) is 0. The first-order valence-corrected chi connectivity index (χ1v) is 30.0. The first-order valence-electron chi connectivity index (χ1n) is 30.0. The molecule has 0 N–H and O–H groups in total. The van der Waals surface area contributed by atoms with Crippen LogP contribution in [0.2, 0.25) is 0 Å². The second kappa shape index (κ2) is 25.4. The Morgan fingerprint density at radius 3 is 0.893 bits per heavy atom. The Kier molecular flexibility index (Phi) is 16.1. The number of nitrogens with zero attached hydrogens (tertiary/aromatic N) is 2. The van der Waals surface area contributed by atoms with E-state index < -0.39 is 0 Å². The van der Waals surface area contributed by atoms with Gasteiger partial charge in [0.2, 0.25) is 0 Å². The minimum Gasteiger partial charge on any atom is -0.310 e. The number of fused-ring (bicyclic) bond motifs is 2. The van der Waals surface area contributed by atoms with E-state index in [0.29, 0.717) is 0 Å². The highest BCUT2D eigenvalue weighted by Crippen LogP contribution is 2.43. The van der Waals surface area contributed by atoms with Crippen molar-refractivity contribution in [3.05, 3.63) is 357 Å². The van der Waals surface area contributed by atoms with Gasteiger partial charge in [0.25, 0.3) is 0 Å². The van der Waals surface area contributed by atoms with Gasteiger partial charge in [-0.2, -0.15) is 0 Å². The highest BCUT2D eigenvalue weighted by molar-refractivity contribution is 5.93. The number of rotatable bonds is 16. The topological polar surface area (TPSA) is 6.48 Å². The molecular formula is C82H68N2. The second-order valence-corrected chi connectivity index (χ2v) is 22.2. The molecule has 0 bridgehead atoms. The molecule has 0 aromatic heterocycles. The van der Waals surface area contributed by atoms with E-state index >= 15 is 0 Å². The van der Waals surface area contributed by atoms with Crippen molar-refractivity contribution in [1.82, 2.24) is 0 Å². The molecule has 0 saturated carbocycles. The van der Waals surface area contributed by atoms with E-state index in [1.807, 2.05) is 0 Å². The van der Waals surface area contributed by atoms with Crippen LogP contribution >= 0.6 is 0 Å². The quantitative estimate of drug-likeness (QED) is 0.0890. The highest BCUT2D eigenvalue weighted by atomic mass is 15.1. The van der Waals surface area contributed by atoms with Crippen molar-refractivity contribution >= 4 is 81.7 Å². The number of benzene rings is 11. The van der Waals surface area contributed by atoms with Crippen LogP contribution in [0.5, 0.6) is 0 Å². The number of hydrogen-bond donors (Lipinski definition) is 0. The van der Waals surface area contributed by atoms with Crippen LogP contribution in [0.1, 0.15) is 104 Å². The van der Waals surface area contributed by atoms with Crippen molar-refractivity contribution in [1.29, 1.82) is 0 Å². The molecule has 84 heavy (non-hydrogen) atoms. The molecule has 0 saturated heterocycles. The van der Waals surface area contributed by atoms with Crippen LogP contribution in [0.15, 0.2) is 279 Å². The third-order valence-electron chi connectivity index (χ3n) is 16.6. The first-order chi connectivity index (χ1) is 41.6. The van der Waals surface area contributed by atoms with Crippen LogP contribution in [-0.4, -0.2) is 0 Å². The molecule has 0 unspecified atom stereocenters. The Balaban J connectivity index is 0.735. The van der Waals surface area contributed by atoms with Gasteiger partial charge >= 0.3 is 0 Å². The molecule has 2 heteroatoms. The molecule has 0 heterocycles. The van der Waals surface area contributed by atoms with Crippen LogP contribution in [0.3, 0.4) is 0 Å². The maximum absolute atomic E-state index is 2.46. The lowest BCUT2D eigenvalue weighted by Crippen LogP contribution is -2.15. The van der Waals surface area contributed by atoms with Gasteiger partial charge in [0.15, 0.2) is 0 Å². The van der Waals surface area contributed by atoms with Gasteiger partial charge in [-0.25, -0.2) is 0 Å². The number of aryl methyl sites for hydroxylation is 2. The maximum atomic E-state index is 2.46. The summed E-state index contributed by atoms with van der Waals surface area (Å²) < 4.78 is 0. The minimum atomic E-state index is 1.10. The molecule has 2 aliphatic carbocycles. The van der Waals surface area contributed by atoms with Gasteiger partial charge in [-0.3, -0.25) is 0 Å². The van der Waals surface area contributed by atoms with Crippen molar-refractivity contribution in [3.8, 4) is 0 Å². The maximum Gasteiger partial charge on any atom is 0.0496 e. The highest BCUT2D eigenvalue weighted by Gasteiger charge is 2.22. The third kappa shape index (κ3) is 12.3. The summed E-state index contributed by atoms with van der Waals surface area (Å²) in [5, 5.41) is 0. The predicted octanol–water partition coefficient (Wildman–Crippen LogP) is 21.9. The van der Waals surface area contributed by atoms with Crippen molar-refractivity contribution in [3.63, 3.8) is 0 Å². The number of hydrogen-bond acceptors (Lipinski definition) is 2. The molecule has 2 aliphatic rings. The third-order valence-corrected chi connectivity index (χ3v) is 16.6. The number of anilines is 6. The van der Waals surface area contributed by atoms with Crippen LogP contribution in [0.25, 0.3) is 47.6 Å². The van der Waals surface area contributed by atoms with Gasteiger partial charge < -0.3 is 9.80 Å². The Bertz CT molecular complexity index is 3770. The lowest BCUT2D eigenvalue weighted by molar-refractivity contribution is 0.686. The molecule has 0 aliphatic heterocycles. The van der Waals surface area contributed by atoms with Gasteiger partial charge in [0.1, 0.15) is 0 Å². The monoisotopic (exact) mass is 1080 g/mol. The van der Waals surface area contributed by atoms with Gasteiger partial charge in [-0.15, -0.1) is 0 Å². The lowest BCUT2D eigenvalue weighted by atomic mass is 9.89. The van der Waals surface area contributed by atoms with Crippen LogP contribution in [-0.2, 0) is 25.7 Å². The van der Waals surface area contributed by atoms with Crippen molar-refractivity contribution < 1.29 is 0 Å². The lowest BCUT2D eigenvalue weighted by Gasteiger charge is -2.30. The van der Waals surface area contributed by atoms with E-state index in [4.69, 9.17) is 0 Å². The van der Waals surface area contributed by atoms with Crippen LogP contribution in [0.4, 0.5) is 34.1 Å². The van der Waals surface area contributed by atoms with E-state index in [2.05, 4.69) is 325 Å². The molecule has 0 spiro atoms. The zero-order chi connectivity index (χ0) is 56.3. The van der Waals surface area contributed by atoms with Gasteiger partial charge in [0, 0.05) is 34.1 Å². The van der Waals surface area contributed by atoms with Crippen molar-refractivity contribution in [2.24, 2.45) is 0 Å². The summed E-state index contributed by atoms with van der Waals surface area (Å²) in [6, 6.07) is 102. The average molecular weight is 1080 g/mol. The van der Waals surface area contributed by atoms with E-state index in [1.54, 1.807) is 0 Å². The summed E-state index contributed by atoms with van der Waals surface area (Å²) >= 11 is 0. The first kappa shape index (κ1) is 53.3. The average Bonchev–Trinajstić information content (AvgIpc) is 3.24. The fraction of sp³-hybridized carbons (Fsp3) is 0.0976. The summed E-state index contributed by atoms with van der Waals surface area (Å²) in [5.74, 6) is 0. The Hall–Kier alpha value is -10.0. The van der Waals surface area contributed by atoms with E-state index in [1.165, 1.54) is 104 Å². The molecular weight excluding hydrogens is 1010 g/mol. The van der Waals surface area contributed by atoms with Gasteiger partial charge in [0.05, 0.1) is 0 Å². The zero-order valence-corrected chi connectivity index (χ0v) is 47.6. The molecule has 0 radical (unpaired) electrons. The normalized spacial score (nSPS) is 12.8. The van der Waals surface area contributed by atoms with E-state index in [0.717, 1.165) is 70.7 Å². The molecule has 2 nitrogen and oxygen atoms in total. The van der Waals surface area contributed by atoms with Gasteiger partial charge in [-0.1, -0.05) is 237 Å². The molecule has 0 amide bonds. The molecule has 11 aromatic rings. The predicted molar refractivity (Wildman–Crippen MR) is 360 cm³/mol. The molecule has 13 rings (SSSR count). The molecule has 0 atom stereocenters. The minimum absolute atomic E-state index is 1.10. The van der Waals surface area contributed by atoms with E-state index in [-0.39, 0.29) is 0 Å². The van der Waals surface area contributed by atoms with Crippen molar-refractivity contribution in [2.45, 2.75) is 51.4 Å². The summed E-state index contributed by atoms with van der Waals surface area (Å²) in [5.41, 5.74) is 27.2. The Morgan fingerprint density at radius 1 is 0.250 bits per heavy atom. The SMILES string of the molecule is C(=C(c1ccccc1)c1ccccc1)c1ccc(N(c2ccc(/C=C/c3cccc(/C=C/c4ccc(N(c5ccc(C=C(c6ccccc6)c6ccccc6)cc5)c5cccc6c5CCCC6)cc4)c3)cc2)c2cccc3c2CCCC3)cc1.